The second-order valence-electron chi connectivity index (χ2n) is 5.86. The van der Waals surface area contributed by atoms with Gasteiger partial charge in [0, 0.05) is 31.6 Å². The highest BCUT2D eigenvalue weighted by atomic mass is 127. The lowest BCUT2D eigenvalue weighted by Crippen LogP contribution is -2.39. The highest BCUT2D eigenvalue weighted by Gasteiger charge is 2.13. The lowest BCUT2D eigenvalue weighted by atomic mass is 10.1. The molecule has 2 aromatic heterocycles. The summed E-state index contributed by atoms with van der Waals surface area (Å²) in [7, 11) is 1.62. The van der Waals surface area contributed by atoms with Crippen LogP contribution in [-0.2, 0) is 6.42 Å². The Morgan fingerprint density at radius 1 is 1.32 bits per heavy atom. The number of H-pyrrole nitrogens is 1. The molecule has 3 rings (SSSR count). The molecule has 1 aromatic carbocycles. The number of benzene rings is 1. The first-order valence-electron chi connectivity index (χ1n) is 8.44. The third-order valence-electron chi connectivity index (χ3n) is 3.93. The molecule has 0 aliphatic rings. The number of aromatic nitrogens is 3. The van der Waals surface area contributed by atoms with Crippen molar-refractivity contribution in [2.24, 2.45) is 4.99 Å². The number of nitrogens with zero attached hydrogens (tertiary/aromatic N) is 3. The highest BCUT2D eigenvalue weighted by Crippen LogP contribution is 2.17. The average molecular weight is 502 g/mol. The predicted octanol–water partition coefficient (Wildman–Crippen LogP) is 3.43. The standard InChI is InChI=1S/C18H20F2N6O.HI/c1-11(13-6-5-12(19)10-14(13)20)23-18(21-2)22-8-7-16-24-17(26-25-16)15-4-3-9-27-15;/h3-6,9-11H,7-8H2,1-2H3,(H2,21,22,23)(H,24,25,26);1H. The van der Waals surface area contributed by atoms with Crippen LogP contribution in [0.3, 0.4) is 0 Å². The molecule has 2 heterocycles. The maximum atomic E-state index is 13.9. The van der Waals surface area contributed by atoms with Crippen molar-refractivity contribution in [1.82, 2.24) is 25.8 Å². The van der Waals surface area contributed by atoms with E-state index in [1.807, 2.05) is 0 Å². The van der Waals surface area contributed by atoms with Crippen molar-refractivity contribution in [1.29, 1.82) is 0 Å². The molecule has 28 heavy (non-hydrogen) atoms. The molecule has 0 aliphatic heterocycles. The quantitative estimate of drug-likeness (QED) is 0.273. The van der Waals surface area contributed by atoms with Crippen LogP contribution < -0.4 is 10.6 Å². The molecule has 10 heteroatoms. The van der Waals surface area contributed by atoms with Crippen LogP contribution in [0.5, 0.6) is 0 Å². The van der Waals surface area contributed by atoms with E-state index in [0.29, 0.717) is 41.9 Å². The lowest BCUT2D eigenvalue weighted by Gasteiger charge is -2.18. The molecule has 0 bridgehead atoms. The Bertz CT molecular complexity index is 913. The molecule has 0 aliphatic carbocycles. The smallest absolute Gasteiger partial charge is 0.216 e. The van der Waals surface area contributed by atoms with Crippen LogP contribution in [0.2, 0.25) is 0 Å². The Morgan fingerprint density at radius 3 is 2.82 bits per heavy atom. The molecule has 0 radical (unpaired) electrons. The molecule has 7 nitrogen and oxygen atoms in total. The molecule has 150 valence electrons. The van der Waals surface area contributed by atoms with E-state index in [1.165, 1.54) is 12.1 Å². The van der Waals surface area contributed by atoms with Crippen LogP contribution >= 0.6 is 24.0 Å². The Balaban J connectivity index is 0.00000280. The summed E-state index contributed by atoms with van der Waals surface area (Å²) in [5.74, 6) is 1.08. The van der Waals surface area contributed by atoms with Gasteiger partial charge in [-0.1, -0.05) is 6.07 Å². The number of aliphatic imine (C=N–C) groups is 1. The number of guanidine groups is 1. The number of aromatic amines is 1. The summed E-state index contributed by atoms with van der Waals surface area (Å²) in [5.41, 5.74) is 0.359. The number of hydrogen-bond acceptors (Lipinski definition) is 4. The molecular formula is C18H21F2IN6O. The molecular weight excluding hydrogens is 481 g/mol. The third-order valence-corrected chi connectivity index (χ3v) is 3.93. The number of hydrogen-bond donors (Lipinski definition) is 3. The van der Waals surface area contributed by atoms with E-state index >= 15 is 0 Å². The zero-order chi connectivity index (χ0) is 19.2. The van der Waals surface area contributed by atoms with Gasteiger partial charge in [-0.15, -0.1) is 24.0 Å². The normalized spacial score (nSPS) is 12.4. The van der Waals surface area contributed by atoms with Crippen LogP contribution in [0.15, 0.2) is 46.0 Å². The minimum Gasteiger partial charge on any atom is -0.461 e. The Morgan fingerprint density at radius 2 is 2.14 bits per heavy atom. The van der Waals surface area contributed by atoms with Gasteiger partial charge in [-0.3, -0.25) is 10.1 Å². The van der Waals surface area contributed by atoms with E-state index in [9.17, 15) is 8.78 Å². The van der Waals surface area contributed by atoms with Gasteiger partial charge in [-0.2, -0.15) is 5.10 Å². The zero-order valence-electron chi connectivity index (χ0n) is 15.4. The van der Waals surface area contributed by atoms with E-state index in [0.717, 1.165) is 6.07 Å². The maximum absolute atomic E-state index is 13.9. The van der Waals surface area contributed by atoms with Crippen molar-refractivity contribution in [3.05, 3.63) is 59.6 Å². The number of rotatable bonds is 6. The van der Waals surface area contributed by atoms with Crippen molar-refractivity contribution in [3.8, 4) is 11.6 Å². The zero-order valence-corrected chi connectivity index (χ0v) is 17.7. The second kappa shape index (κ2) is 10.2. The van der Waals surface area contributed by atoms with Gasteiger partial charge in [0.05, 0.1) is 12.3 Å². The van der Waals surface area contributed by atoms with Crippen molar-refractivity contribution in [3.63, 3.8) is 0 Å². The van der Waals surface area contributed by atoms with Gasteiger partial charge in [0.1, 0.15) is 17.5 Å². The first-order valence-corrected chi connectivity index (χ1v) is 8.44. The van der Waals surface area contributed by atoms with Gasteiger partial charge in [-0.05, 0) is 25.1 Å². The summed E-state index contributed by atoms with van der Waals surface area (Å²) in [4.78, 5) is 8.47. The van der Waals surface area contributed by atoms with Crippen LogP contribution in [0.4, 0.5) is 8.78 Å². The molecule has 3 N–H and O–H groups in total. The molecule has 0 saturated heterocycles. The maximum Gasteiger partial charge on any atom is 0.216 e. The minimum absolute atomic E-state index is 0. The van der Waals surface area contributed by atoms with Crippen LogP contribution in [0.1, 0.15) is 24.4 Å². The van der Waals surface area contributed by atoms with Crippen molar-refractivity contribution in [2.75, 3.05) is 13.6 Å². The van der Waals surface area contributed by atoms with Gasteiger partial charge in [0.25, 0.3) is 0 Å². The van der Waals surface area contributed by atoms with E-state index in [2.05, 4.69) is 30.8 Å². The van der Waals surface area contributed by atoms with Crippen molar-refractivity contribution in [2.45, 2.75) is 19.4 Å². The lowest BCUT2D eigenvalue weighted by molar-refractivity contribution is 0.550. The van der Waals surface area contributed by atoms with Crippen LogP contribution in [-0.4, -0.2) is 34.7 Å². The van der Waals surface area contributed by atoms with Gasteiger partial charge < -0.3 is 15.1 Å². The summed E-state index contributed by atoms with van der Waals surface area (Å²) in [6.45, 7) is 2.31. The fourth-order valence-electron chi connectivity index (χ4n) is 2.55. The first-order chi connectivity index (χ1) is 13.1. The largest absolute Gasteiger partial charge is 0.461 e. The molecule has 1 unspecified atom stereocenters. The van der Waals surface area contributed by atoms with Crippen LogP contribution in [0.25, 0.3) is 11.6 Å². The topological polar surface area (TPSA) is 91.1 Å². The summed E-state index contributed by atoms with van der Waals surface area (Å²) < 4.78 is 32.2. The van der Waals surface area contributed by atoms with Gasteiger partial charge in [0.2, 0.25) is 5.82 Å². The minimum atomic E-state index is -0.605. The number of halogens is 3. The average Bonchev–Trinajstić information content (AvgIpc) is 3.32. The fraction of sp³-hybridized carbons (Fsp3) is 0.278. The number of furan rings is 1. The highest BCUT2D eigenvalue weighted by molar-refractivity contribution is 14.0. The van der Waals surface area contributed by atoms with Crippen LogP contribution in [0, 0.1) is 11.6 Å². The predicted molar refractivity (Wildman–Crippen MR) is 112 cm³/mol. The van der Waals surface area contributed by atoms with E-state index in [4.69, 9.17) is 4.42 Å². The Labute approximate surface area is 178 Å². The summed E-state index contributed by atoms with van der Waals surface area (Å²) in [6, 6.07) is 6.69. The van der Waals surface area contributed by atoms with Crippen molar-refractivity contribution < 1.29 is 13.2 Å². The SMILES string of the molecule is CN=C(NCCc1nc(-c2ccco2)n[nH]1)NC(C)c1ccc(F)cc1F.I. The number of nitrogens with one attached hydrogen (secondary N) is 3. The van der Waals surface area contributed by atoms with E-state index < -0.39 is 11.6 Å². The summed E-state index contributed by atoms with van der Waals surface area (Å²) >= 11 is 0. The monoisotopic (exact) mass is 502 g/mol. The molecule has 3 aromatic rings. The molecule has 0 spiro atoms. The van der Waals surface area contributed by atoms with Gasteiger partial charge in [0.15, 0.2) is 11.7 Å². The molecule has 1 atom stereocenters. The summed E-state index contributed by atoms with van der Waals surface area (Å²) in [6.07, 6.45) is 2.14. The molecule has 0 saturated carbocycles. The fourth-order valence-corrected chi connectivity index (χ4v) is 2.55. The van der Waals surface area contributed by atoms with Crippen molar-refractivity contribution >= 4 is 29.9 Å². The van der Waals surface area contributed by atoms with Gasteiger partial charge in [-0.25, -0.2) is 13.8 Å². The third kappa shape index (κ3) is 5.50. The molecule has 0 fully saturated rings. The summed E-state index contributed by atoms with van der Waals surface area (Å²) in [5, 5.41) is 13.2. The molecule has 0 amide bonds. The Hall–Kier alpha value is -2.50. The Kier molecular flexibility index (Phi) is 7.91. The van der Waals surface area contributed by atoms with E-state index in [-0.39, 0.29) is 30.0 Å². The van der Waals surface area contributed by atoms with E-state index in [1.54, 1.807) is 32.4 Å². The first kappa shape index (κ1) is 21.8. The van der Waals surface area contributed by atoms with Gasteiger partial charge >= 0.3 is 0 Å². The second-order valence-corrected chi connectivity index (χ2v) is 5.86.